The lowest BCUT2D eigenvalue weighted by Gasteiger charge is -2.51. The Morgan fingerprint density at radius 2 is 2.15 bits per heavy atom. The normalized spacial score (nSPS) is 24.2. The molecule has 0 radical (unpaired) electrons. The van der Waals surface area contributed by atoms with Gasteiger partial charge in [-0.1, -0.05) is 20.8 Å². The number of nitrogens with two attached hydrogens (primary N) is 1. The number of hydrogen-bond donors (Lipinski definition) is 2. The number of rotatable bonds is 6. The summed E-state index contributed by atoms with van der Waals surface area (Å²) in [5.41, 5.74) is 5.96. The molecule has 1 saturated carbocycles. The van der Waals surface area contributed by atoms with Crippen LogP contribution in [0.2, 0.25) is 0 Å². The maximum absolute atomic E-state index is 5.85. The summed E-state index contributed by atoms with van der Waals surface area (Å²) in [5.74, 6) is 2.17. The van der Waals surface area contributed by atoms with Gasteiger partial charge in [0, 0.05) is 30.6 Å². The lowest BCUT2D eigenvalue weighted by Crippen LogP contribution is -2.58. The van der Waals surface area contributed by atoms with Gasteiger partial charge in [-0.25, -0.2) is 9.97 Å². The molecule has 3 N–H and O–H groups in total. The van der Waals surface area contributed by atoms with Gasteiger partial charge in [0.2, 0.25) is 0 Å². The van der Waals surface area contributed by atoms with E-state index in [1.165, 1.54) is 0 Å². The average Bonchev–Trinajstić information content (AvgIpc) is 2.37. The summed E-state index contributed by atoms with van der Waals surface area (Å²) in [6.07, 6.45) is 3.20. The molecule has 5 heteroatoms. The third-order valence-electron chi connectivity index (χ3n) is 4.13. The van der Waals surface area contributed by atoms with Crippen LogP contribution < -0.4 is 11.1 Å². The van der Waals surface area contributed by atoms with E-state index in [1.54, 1.807) is 0 Å². The molecule has 2 rings (SSSR count). The molecule has 0 bridgehead atoms. The van der Waals surface area contributed by atoms with Gasteiger partial charge in [-0.3, -0.25) is 0 Å². The number of nitrogens with one attached hydrogen (secondary N) is 1. The highest BCUT2D eigenvalue weighted by molar-refractivity contribution is 5.46. The molecule has 2 atom stereocenters. The number of nitrogens with zero attached hydrogens (tertiary/aromatic N) is 2. The topological polar surface area (TPSA) is 73.1 Å². The van der Waals surface area contributed by atoms with E-state index < -0.39 is 0 Å². The van der Waals surface area contributed by atoms with Crippen LogP contribution in [0.25, 0.3) is 0 Å². The van der Waals surface area contributed by atoms with Crippen LogP contribution in [0.4, 0.5) is 11.6 Å². The van der Waals surface area contributed by atoms with E-state index in [-0.39, 0.29) is 5.41 Å². The first-order chi connectivity index (χ1) is 9.47. The highest BCUT2D eigenvalue weighted by Gasteiger charge is 2.49. The molecule has 0 aliphatic heterocycles. The molecule has 0 amide bonds. The fourth-order valence-electron chi connectivity index (χ4n) is 2.72. The number of aryl methyl sites for hydroxylation is 1. The molecule has 1 aromatic rings. The third-order valence-corrected chi connectivity index (χ3v) is 4.13. The standard InChI is InChI=1S/C15H26N4O/c1-5-7-13-18-12(16)9-14(19-13)17-10-8-11(20-6-2)15(10,3)4/h9-11H,5-8H2,1-4H3,(H3,16,17,18,19). The fraction of sp³-hybridized carbons (Fsp3) is 0.733. The number of aromatic nitrogens is 2. The number of ether oxygens (including phenoxy) is 1. The van der Waals surface area contributed by atoms with Crippen LogP contribution in [0.5, 0.6) is 0 Å². The second-order valence-corrected chi connectivity index (χ2v) is 6.04. The van der Waals surface area contributed by atoms with Gasteiger partial charge >= 0.3 is 0 Å². The van der Waals surface area contributed by atoms with Crippen molar-refractivity contribution in [1.29, 1.82) is 0 Å². The summed E-state index contributed by atoms with van der Waals surface area (Å²) in [7, 11) is 0. The van der Waals surface area contributed by atoms with Gasteiger partial charge in [-0.15, -0.1) is 0 Å². The van der Waals surface area contributed by atoms with Gasteiger partial charge < -0.3 is 15.8 Å². The highest BCUT2D eigenvalue weighted by Crippen LogP contribution is 2.44. The van der Waals surface area contributed by atoms with Crippen LogP contribution in [0.1, 0.15) is 46.4 Å². The predicted octanol–water partition coefficient (Wildman–Crippen LogP) is 2.63. The molecule has 1 aliphatic carbocycles. The minimum atomic E-state index is 0.112. The quantitative estimate of drug-likeness (QED) is 0.837. The average molecular weight is 278 g/mol. The Hall–Kier alpha value is -1.36. The Labute approximate surface area is 121 Å². The summed E-state index contributed by atoms with van der Waals surface area (Å²) in [6, 6.07) is 2.17. The van der Waals surface area contributed by atoms with E-state index in [2.05, 4.69) is 36.1 Å². The van der Waals surface area contributed by atoms with Crippen LogP contribution >= 0.6 is 0 Å². The second-order valence-electron chi connectivity index (χ2n) is 6.04. The first-order valence-electron chi connectivity index (χ1n) is 7.49. The van der Waals surface area contributed by atoms with Crippen LogP contribution in [-0.2, 0) is 11.2 Å². The monoisotopic (exact) mass is 278 g/mol. The largest absolute Gasteiger partial charge is 0.384 e. The Morgan fingerprint density at radius 1 is 1.40 bits per heavy atom. The van der Waals surface area contributed by atoms with Crippen molar-refractivity contribution in [3.8, 4) is 0 Å². The highest BCUT2D eigenvalue weighted by atomic mass is 16.5. The van der Waals surface area contributed by atoms with Gasteiger partial charge in [0.25, 0.3) is 0 Å². The maximum Gasteiger partial charge on any atom is 0.133 e. The van der Waals surface area contributed by atoms with Crippen LogP contribution in [0.3, 0.4) is 0 Å². The zero-order valence-corrected chi connectivity index (χ0v) is 12.9. The molecule has 0 spiro atoms. The van der Waals surface area contributed by atoms with E-state index in [4.69, 9.17) is 10.5 Å². The Kier molecular flexibility index (Phi) is 4.48. The van der Waals surface area contributed by atoms with Gasteiger partial charge in [-0.05, 0) is 19.8 Å². The molecule has 0 aromatic carbocycles. The molecule has 2 unspecified atom stereocenters. The summed E-state index contributed by atoms with van der Waals surface area (Å²) in [6.45, 7) is 9.38. The van der Waals surface area contributed by atoms with Crippen molar-refractivity contribution in [1.82, 2.24) is 9.97 Å². The van der Waals surface area contributed by atoms with Gasteiger partial charge in [0.1, 0.15) is 17.5 Å². The smallest absolute Gasteiger partial charge is 0.133 e. The van der Waals surface area contributed by atoms with Gasteiger partial charge in [0.05, 0.1) is 6.10 Å². The molecule has 112 valence electrons. The molecular formula is C15H26N4O. The van der Waals surface area contributed by atoms with Crippen molar-refractivity contribution >= 4 is 11.6 Å². The molecule has 1 aliphatic rings. The van der Waals surface area contributed by atoms with Crippen molar-refractivity contribution < 1.29 is 4.74 Å². The zero-order chi connectivity index (χ0) is 14.8. The third kappa shape index (κ3) is 3.03. The number of anilines is 2. The van der Waals surface area contributed by atoms with E-state index in [0.29, 0.717) is 18.0 Å². The summed E-state index contributed by atoms with van der Waals surface area (Å²) in [5, 5.41) is 3.49. The van der Waals surface area contributed by atoms with Crippen molar-refractivity contribution in [2.24, 2.45) is 5.41 Å². The molecule has 1 aromatic heterocycles. The van der Waals surface area contributed by atoms with Gasteiger partial charge in [0.15, 0.2) is 0 Å². The van der Waals surface area contributed by atoms with Crippen molar-refractivity contribution in [3.05, 3.63) is 11.9 Å². The lowest BCUT2D eigenvalue weighted by atomic mass is 9.64. The van der Waals surface area contributed by atoms with E-state index in [9.17, 15) is 0 Å². The molecular weight excluding hydrogens is 252 g/mol. The fourth-order valence-corrected chi connectivity index (χ4v) is 2.72. The molecule has 20 heavy (non-hydrogen) atoms. The summed E-state index contributed by atoms with van der Waals surface area (Å²) in [4.78, 5) is 8.80. The SMILES string of the molecule is CCCc1nc(N)cc(NC2CC(OCC)C2(C)C)n1. The maximum atomic E-state index is 5.85. The van der Waals surface area contributed by atoms with Crippen molar-refractivity contribution in [2.75, 3.05) is 17.7 Å². The lowest BCUT2D eigenvalue weighted by molar-refractivity contribution is -0.0976. The van der Waals surface area contributed by atoms with Crippen LogP contribution in [0.15, 0.2) is 6.07 Å². The van der Waals surface area contributed by atoms with Gasteiger partial charge in [-0.2, -0.15) is 0 Å². The van der Waals surface area contributed by atoms with Crippen molar-refractivity contribution in [2.45, 2.75) is 59.1 Å². The number of hydrogen-bond acceptors (Lipinski definition) is 5. The minimum absolute atomic E-state index is 0.112. The van der Waals surface area contributed by atoms with Crippen LogP contribution in [0, 0.1) is 5.41 Å². The molecule has 5 nitrogen and oxygen atoms in total. The van der Waals surface area contributed by atoms with E-state index in [1.807, 2.05) is 13.0 Å². The molecule has 1 fully saturated rings. The van der Waals surface area contributed by atoms with E-state index in [0.717, 1.165) is 37.5 Å². The second kappa shape index (κ2) is 5.95. The minimum Gasteiger partial charge on any atom is -0.384 e. The molecule has 1 heterocycles. The Morgan fingerprint density at radius 3 is 2.75 bits per heavy atom. The first kappa shape index (κ1) is 15.0. The Bertz CT molecular complexity index is 461. The number of nitrogen functional groups attached to an aromatic ring is 1. The predicted molar refractivity (Wildman–Crippen MR) is 81.7 cm³/mol. The van der Waals surface area contributed by atoms with Crippen molar-refractivity contribution in [3.63, 3.8) is 0 Å². The van der Waals surface area contributed by atoms with Crippen LogP contribution in [-0.4, -0.2) is 28.7 Å². The summed E-state index contributed by atoms with van der Waals surface area (Å²) < 4.78 is 5.75. The summed E-state index contributed by atoms with van der Waals surface area (Å²) >= 11 is 0. The zero-order valence-electron chi connectivity index (χ0n) is 12.9. The molecule has 0 saturated heterocycles. The first-order valence-corrected chi connectivity index (χ1v) is 7.49. The Balaban J connectivity index is 2.04. The van der Waals surface area contributed by atoms with E-state index >= 15 is 0 Å².